The summed E-state index contributed by atoms with van der Waals surface area (Å²) >= 11 is 0. The monoisotopic (exact) mass is 426 g/mol. The summed E-state index contributed by atoms with van der Waals surface area (Å²) < 4.78 is 31.1. The van der Waals surface area contributed by atoms with Crippen molar-refractivity contribution in [3.63, 3.8) is 0 Å². The van der Waals surface area contributed by atoms with Crippen LogP contribution < -0.4 is 0 Å². The van der Waals surface area contributed by atoms with E-state index < -0.39 is 10.1 Å². The Labute approximate surface area is 180 Å². The summed E-state index contributed by atoms with van der Waals surface area (Å²) in [5.74, 6) is 0. The molecule has 0 aliphatic heterocycles. The van der Waals surface area contributed by atoms with E-state index in [-0.39, 0.29) is 4.90 Å². The Morgan fingerprint density at radius 2 is 1.14 bits per heavy atom. The van der Waals surface area contributed by atoms with Crippen molar-refractivity contribution in [2.75, 3.05) is 26.2 Å². The highest BCUT2D eigenvalue weighted by Crippen LogP contribution is 2.16. The van der Waals surface area contributed by atoms with E-state index in [1.807, 2.05) is 0 Å². The Bertz CT molecular complexity index is 601. The molecule has 1 aromatic carbocycles. The Hall–Kier alpha value is -1.17. The van der Waals surface area contributed by atoms with Crippen LogP contribution in [0.4, 0.5) is 0 Å². The van der Waals surface area contributed by atoms with Crippen molar-refractivity contribution in [1.82, 2.24) is 0 Å². The molecule has 0 spiro atoms. The number of hydrogen-bond acceptors (Lipinski definition) is 2. The summed E-state index contributed by atoms with van der Waals surface area (Å²) in [5.41, 5.74) is 0.808. The van der Waals surface area contributed by atoms with Gasteiger partial charge in [0.2, 0.25) is 0 Å². The molecule has 5 heteroatoms. The first-order chi connectivity index (χ1) is 13.8. The van der Waals surface area contributed by atoms with Crippen LogP contribution in [0.1, 0.15) is 84.6 Å². The third-order valence-corrected chi connectivity index (χ3v) is 6.23. The van der Waals surface area contributed by atoms with Crippen molar-refractivity contribution in [3.8, 4) is 0 Å². The van der Waals surface area contributed by atoms with Gasteiger partial charge in [-0.3, -0.25) is 4.55 Å². The largest absolute Gasteiger partial charge is 0.324 e. The zero-order valence-electron chi connectivity index (χ0n) is 19.2. The summed E-state index contributed by atoms with van der Waals surface area (Å²) in [7, 11) is -4.06. The Morgan fingerprint density at radius 3 is 1.38 bits per heavy atom. The summed E-state index contributed by atoms with van der Waals surface area (Å²) in [6.45, 7) is 18.5. The van der Waals surface area contributed by atoms with Gasteiger partial charge in [0.15, 0.2) is 0 Å². The molecule has 0 saturated carbocycles. The van der Waals surface area contributed by atoms with E-state index in [1.54, 1.807) is 18.2 Å². The van der Waals surface area contributed by atoms with E-state index in [2.05, 4.69) is 34.3 Å². The van der Waals surface area contributed by atoms with Crippen LogP contribution in [0.2, 0.25) is 0 Å². The van der Waals surface area contributed by atoms with Crippen LogP contribution in [0.3, 0.4) is 0 Å². The zero-order chi connectivity index (χ0) is 22.2. The Morgan fingerprint density at radius 1 is 0.793 bits per heavy atom. The summed E-state index contributed by atoms with van der Waals surface area (Å²) in [5, 5.41) is 0. The molecule has 0 bridgehead atoms. The molecule has 0 aromatic heterocycles. The van der Waals surface area contributed by atoms with Gasteiger partial charge in [0.1, 0.15) is 0 Å². The maximum atomic E-state index is 10.6. The highest BCUT2D eigenvalue weighted by atomic mass is 32.2. The highest BCUT2D eigenvalue weighted by molar-refractivity contribution is 7.85. The molecule has 0 fully saturated rings. The minimum Gasteiger partial charge on any atom is -0.324 e. The lowest BCUT2D eigenvalue weighted by Gasteiger charge is -2.39. The normalized spacial score (nSPS) is 11.6. The summed E-state index contributed by atoms with van der Waals surface area (Å²) in [6.07, 6.45) is 12.7. The first-order valence-electron chi connectivity index (χ1n) is 11.3. The van der Waals surface area contributed by atoms with Crippen molar-refractivity contribution >= 4 is 16.2 Å². The second-order valence-corrected chi connectivity index (χ2v) is 9.32. The van der Waals surface area contributed by atoms with E-state index in [4.69, 9.17) is 4.55 Å². The van der Waals surface area contributed by atoms with Crippen LogP contribution >= 0.6 is 0 Å². The van der Waals surface area contributed by atoms with Gasteiger partial charge >= 0.3 is 0 Å². The lowest BCUT2D eigenvalue weighted by Crippen LogP contribution is -2.50. The molecular weight excluding hydrogens is 382 g/mol. The summed E-state index contributed by atoms with van der Waals surface area (Å²) in [4.78, 5) is -0.104. The maximum absolute atomic E-state index is 10.6. The van der Waals surface area contributed by atoms with Crippen LogP contribution in [-0.2, 0) is 10.1 Å². The number of rotatable bonds is 14. The predicted molar refractivity (Wildman–Crippen MR) is 126 cm³/mol. The molecule has 1 rings (SSSR count). The van der Waals surface area contributed by atoms with Gasteiger partial charge in [-0.25, -0.2) is 0 Å². The molecule has 168 valence electrons. The Balaban J connectivity index is 0.000000571. The average molecular weight is 427 g/mol. The molecule has 0 radical (unpaired) electrons. The molecule has 1 N–H and O–H groups in total. The lowest BCUT2D eigenvalue weighted by molar-refractivity contribution is -0.929. The first-order valence-corrected chi connectivity index (χ1v) is 12.8. The number of hydrogen-bond donors (Lipinski definition) is 1. The van der Waals surface area contributed by atoms with Crippen molar-refractivity contribution in [3.05, 3.63) is 36.4 Å². The Kier molecular flexibility index (Phi) is 15.0. The van der Waals surface area contributed by atoms with Crippen molar-refractivity contribution in [2.24, 2.45) is 0 Å². The molecule has 0 heterocycles. The van der Waals surface area contributed by atoms with Gasteiger partial charge in [0.05, 0.1) is 31.1 Å². The molecular formula is C24H44NO3S+. The average Bonchev–Trinajstić information content (AvgIpc) is 2.72. The van der Waals surface area contributed by atoms with Gasteiger partial charge in [0.25, 0.3) is 10.1 Å². The van der Waals surface area contributed by atoms with E-state index in [0.29, 0.717) is 0 Å². The molecule has 4 nitrogen and oxygen atoms in total. The van der Waals surface area contributed by atoms with Gasteiger partial charge in [-0.1, -0.05) is 78.2 Å². The number of quaternary nitrogens is 1. The minimum absolute atomic E-state index is 0.104. The van der Waals surface area contributed by atoms with Crippen LogP contribution in [0.5, 0.6) is 0 Å². The molecule has 0 aliphatic carbocycles. The third kappa shape index (κ3) is 12.2. The molecule has 0 atom stereocenters. The van der Waals surface area contributed by atoms with Gasteiger partial charge in [-0.2, -0.15) is 8.42 Å². The first kappa shape index (κ1) is 27.8. The molecule has 0 saturated heterocycles. The van der Waals surface area contributed by atoms with Crippen LogP contribution in [0, 0.1) is 0 Å². The van der Waals surface area contributed by atoms with Gasteiger partial charge in [0, 0.05) is 0 Å². The van der Waals surface area contributed by atoms with E-state index in [9.17, 15) is 8.42 Å². The number of benzene rings is 1. The smallest absolute Gasteiger partial charge is 0.294 e. The van der Waals surface area contributed by atoms with Gasteiger partial charge in [-0.15, -0.1) is 0 Å². The van der Waals surface area contributed by atoms with Gasteiger partial charge < -0.3 is 4.48 Å². The fourth-order valence-corrected chi connectivity index (χ4v) is 3.90. The fraction of sp³-hybridized carbons (Fsp3) is 0.667. The molecule has 1 aromatic rings. The van der Waals surface area contributed by atoms with Crippen molar-refractivity contribution in [2.45, 2.75) is 84.0 Å². The van der Waals surface area contributed by atoms with Crippen molar-refractivity contribution in [1.29, 1.82) is 0 Å². The second kappa shape index (κ2) is 15.6. The predicted octanol–water partition coefficient (Wildman–Crippen LogP) is 6.58. The summed E-state index contributed by atoms with van der Waals surface area (Å²) in [6, 6.07) is 5.78. The topological polar surface area (TPSA) is 54.4 Å². The molecule has 0 amide bonds. The van der Waals surface area contributed by atoms with E-state index in [1.165, 1.54) is 94.2 Å². The van der Waals surface area contributed by atoms with Crippen LogP contribution in [0.25, 0.3) is 6.08 Å². The van der Waals surface area contributed by atoms with Gasteiger partial charge in [-0.05, 0) is 43.4 Å². The molecule has 0 unspecified atom stereocenters. The van der Waals surface area contributed by atoms with Crippen LogP contribution in [0.15, 0.2) is 35.7 Å². The highest BCUT2D eigenvalue weighted by Gasteiger charge is 2.24. The zero-order valence-corrected chi connectivity index (χ0v) is 20.0. The second-order valence-electron chi connectivity index (χ2n) is 7.90. The minimum atomic E-state index is -4.06. The SMILES string of the molecule is C=Cc1ccc(S(=O)(=O)O)cc1.CCCC[N+](CCCC)(CCCC)CCCC. The van der Waals surface area contributed by atoms with E-state index >= 15 is 0 Å². The fourth-order valence-electron chi connectivity index (χ4n) is 3.42. The standard InChI is InChI=1S/C16H36N.C8H8O3S/c1-5-9-13-17(14-10-6-2,15-11-7-3)16-12-8-4;1-2-7-3-5-8(6-4-7)12(9,10)11/h5-16H2,1-4H3;2-6H,1H2,(H,9,10,11)/q+1;. The van der Waals surface area contributed by atoms with Crippen molar-refractivity contribution < 1.29 is 17.5 Å². The number of nitrogens with zero attached hydrogens (tertiary/aromatic N) is 1. The maximum Gasteiger partial charge on any atom is 0.294 e. The van der Waals surface area contributed by atoms with Crippen LogP contribution in [-0.4, -0.2) is 43.6 Å². The molecule has 29 heavy (non-hydrogen) atoms. The number of unbranched alkanes of at least 4 members (excludes halogenated alkanes) is 4. The quantitative estimate of drug-likeness (QED) is 0.270. The molecule has 0 aliphatic rings. The lowest BCUT2D eigenvalue weighted by atomic mass is 10.1. The third-order valence-electron chi connectivity index (χ3n) is 5.36. The van der Waals surface area contributed by atoms with E-state index in [0.717, 1.165) is 5.56 Å².